The zero-order valence-corrected chi connectivity index (χ0v) is 13.3. The fourth-order valence-corrected chi connectivity index (χ4v) is 2.60. The van der Waals surface area contributed by atoms with Crippen molar-refractivity contribution < 1.29 is 9.53 Å². The molecule has 0 aliphatic carbocycles. The van der Waals surface area contributed by atoms with Gasteiger partial charge in [-0.15, -0.1) is 0 Å². The van der Waals surface area contributed by atoms with E-state index in [0.717, 1.165) is 22.8 Å². The van der Waals surface area contributed by atoms with Crippen LogP contribution in [0.5, 0.6) is 5.75 Å². The average molecular weight is 325 g/mol. The summed E-state index contributed by atoms with van der Waals surface area (Å²) in [4.78, 5) is 16.4. The third-order valence-corrected chi connectivity index (χ3v) is 3.74. The molecule has 1 amide bonds. The lowest BCUT2D eigenvalue weighted by Gasteiger charge is -2.02. The average Bonchev–Trinajstić information content (AvgIpc) is 3.05. The lowest BCUT2D eigenvalue weighted by molar-refractivity contribution is 0.102. The molecule has 1 N–H and O–H groups in total. The van der Waals surface area contributed by atoms with Crippen LogP contribution in [-0.4, -0.2) is 21.9 Å². The number of anilines is 1. The second kappa shape index (κ2) is 7.02. The number of amides is 1. The van der Waals surface area contributed by atoms with E-state index in [1.807, 2.05) is 49.4 Å². The van der Waals surface area contributed by atoms with Gasteiger partial charge in [-0.3, -0.25) is 10.1 Å². The number of aromatic nitrogens is 2. The summed E-state index contributed by atoms with van der Waals surface area (Å²) >= 11 is 1.16. The van der Waals surface area contributed by atoms with Gasteiger partial charge in [0.15, 0.2) is 5.82 Å². The van der Waals surface area contributed by atoms with Gasteiger partial charge in [-0.05, 0) is 43.3 Å². The minimum Gasteiger partial charge on any atom is -0.494 e. The topological polar surface area (TPSA) is 64.1 Å². The van der Waals surface area contributed by atoms with Gasteiger partial charge in [0.05, 0.1) is 6.61 Å². The molecule has 23 heavy (non-hydrogen) atoms. The maximum Gasteiger partial charge on any atom is 0.257 e. The first-order valence-corrected chi connectivity index (χ1v) is 7.97. The van der Waals surface area contributed by atoms with Crippen molar-refractivity contribution in [1.29, 1.82) is 0 Å². The van der Waals surface area contributed by atoms with Crippen LogP contribution in [0.1, 0.15) is 17.3 Å². The van der Waals surface area contributed by atoms with Crippen molar-refractivity contribution in [2.75, 3.05) is 11.9 Å². The van der Waals surface area contributed by atoms with Crippen LogP contribution in [0, 0.1) is 0 Å². The molecule has 3 aromatic rings. The summed E-state index contributed by atoms with van der Waals surface area (Å²) in [5.41, 5.74) is 1.47. The van der Waals surface area contributed by atoms with E-state index in [-0.39, 0.29) is 5.91 Å². The maximum atomic E-state index is 12.1. The summed E-state index contributed by atoms with van der Waals surface area (Å²) in [6.07, 6.45) is 0. The summed E-state index contributed by atoms with van der Waals surface area (Å²) in [5, 5.41) is 3.24. The van der Waals surface area contributed by atoms with Crippen LogP contribution in [0.4, 0.5) is 5.13 Å². The van der Waals surface area contributed by atoms with Crippen molar-refractivity contribution in [3.05, 3.63) is 60.2 Å². The van der Waals surface area contributed by atoms with E-state index in [1.54, 1.807) is 12.1 Å². The van der Waals surface area contributed by atoms with Gasteiger partial charge in [-0.25, -0.2) is 0 Å². The Morgan fingerprint density at radius 2 is 1.87 bits per heavy atom. The van der Waals surface area contributed by atoms with E-state index in [2.05, 4.69) is 14.7 Å². The molecule has 0 bridgehead atoms. The van der Waals surface area contributed by atoms with Crippen molar-refractivity contribution in [1.82, 2.24) is 9.36 Å². The third kappa shape index (κ3) is 3.73. The first-order chi connectivity index (χ1) is 11.3. The third-order valence-electron chi connectivity index (χ3n) is 3.11. The Bertz CT molecular complexity index is 785. The second-order valence-corrected chi connectivity index (χ2v) is 5.45. The van der Waals surface area contributed by atoms with Crippen LogP contribution >= 0.6 is 11.5 Å². The first-order valence-electron chi connectivity index (χ1n) is 7.19. The minimum absolute atomic E-state index is 0.194. The predicted octanol–water partition coefficient (Wildman–Crippen LogP) is 3.86. The van der Waals surface area contributed by atoms with Gasteiger partial charge < -0.3 is 4.74 Å². The highest BCUT2D eigenvalue weighted by Crippen LogP contribution is 2.23. The van der Waals surface area contributed by atoms with Crippen LogP contribution in [0.3, 0.4) is 0 Å². The van der Waals surface area contributed by atoms with Crippen molar-refractivity contribution in [2.45, 2.75) is 6.92 Å². The Morgan fingerprint density at radius 1 is 1.13 bits per heavy atom. The molecule has 5 nitrogen and oxygen atoms in total. The number of carbonyl (C=O) groups excluding carboxylic acids is 1. The van der Waals surface area contributed by atoms with Gasteiger partial charge in [-0.1, -0.05) is 18.2 Å². The Hall–Kier alpha value is -2.73. The molecule has 0 unspecified atom stereocenters. The zero-order valence-electron chi connectivity index (χ0n) is 12.5. The standard InChI is InChI=1S/C17H15N3O2S/c1-2-22-14-10-8-12(9-11-14)15-18-17(23-20-15)19-16(21)13-6-4-3-5-7-13/h3-11H,2H2,1H3,(H,18,19,20,21). The summed E-state index contributed by atoms with van der Waals surface area (Å²) in [6.45, 7) is 2.57. The molecule has 0 spiro atoms. The van der Waals surface area contributed by atoms with Crippen LogP contribution in [-0.2, 0) is 0 Å². The van der Waals surface area contributed by atoms with Gasteiger partial charge >= 0.3 is 0 Å². The number of carbonyl (C=O) groups is 1. The number of benzene rings is 2. The summed E-state index contributed by atoms with van der Waals surface area (Å²) in [5.74, 6) is 1.20. The molecule has 116 valence electrons. The molecular weight excluding hydrogens is 310 g/mol. The van der Waals surface area contributed by atoms with E-state index in [0.29, 0.717) is 23.1 Å². The molecular formula is C17H15N3O2S. The SMILES string of the molecule is CCOc1ccc(-c2nsc(NC(=O)c3ccccc3)n2)cc1. The predicted molar refractivity (Wildman–Crippen MR) is 90.9 cm³/mol. The lowest BCUT2D eigenvalue weighted by atomic mass is 10.2. The van der Waals surface area contributed by atoms with Gasteiger partial charge in [0.25, 0.3) is 5.91 Å². The Balaban J connectivity index is 1.71. The highest BCUT2D eigenvalue weighted by Gasteiger charge is 2.11. The van der Waals surface area contributed by atoms with Crippen molar-refractivity contribution in [3.63, 3.8) is 0 Å². The number of ether oxygens (including phenoxy) is 1. The van der Waals surface area contributed by atoms with E-state index in [4.69, 9.17) is 4.74 Å². The monoisotopic (exact) mass is 325 g/mol. The van der Waals surface area contributed by atoms with Gasteiger partial charge in [0.2, 0.25) is 5.13 Å². The van der Waals surface area contributed by atoms with E-state index >= 15 is 0 Å². The fourth-order valence-electron chi connectivity index (χ4n) is 2.02. The van der Waals surface area contributed by atoms with Gasteiger partial charge in [0, 0.05) is 22.7 Å². The smallest absolute Gasteiger partial charge is 0.257 e. The van der Waals surface area contributed by atoms with Crippen LogP contribution in [0.15, 0.2) is 54.6 Å². The molecule has 3 rings (SSSR count). The molecule has 0 radical (unpaired) electrons. The number of nitrogens with zero attached hydrogens (tertiary/aromatic N) is 2. The molecule has 0 saturated carbocycles. The molecule has 1 heterocycles. The number of nitrogens with one attached hydrogen (secondary N) is 1. The summed E-state index contributed by atoms with van der Waals surface area (Å²) in [7, 11) is 0. The van der Waals surface area contributed by atoms with Gasteiger partial charge in [-0.2, -0.15) is 9.36 Å². The molecule has 0 atom stereocenters. The molecule has 2 aromatic carbocycles. The fraction of sp³-hybridized carbons (Fsp3) is 0.118. The molecule has 0 aliphatic rings. The van der Waals surface area contributed by atoms with E-state index in [1.165, 1.54) is 0 Å². The van der Waals surface area contributed by atoms with Crippen LogP contribution in [0.25, 0.3) is 11.4 Å². The normalized spacial score (nSPS) is 10.3. The largest absolute Gasteiger partial charge is 0.494 e. The lowest BCUT2D eigenvalue weighted by Crippen LogP contribution is -2.11. The van der Waals surface area contributed by atoms with Crippen molar-refractivity contribution >= 4 is 22.6 Å². The minimum atomic E-state index is -0.194. The van der Waals surface area contributed by atoms with Crippen molar-refractivity contribution in [3.8, 4) is 17.1 Å². The quantitative estimate of drug-likeness (QED) is 0.774. The number of hydrogen-bond donors (Lipinski definition) is 1. The first kappa shape index (κ1) is 15.2. The molecule has 1 aromatic heterocycles. The molecule has 6 heteroatoms. The van der Waals surface area contributed by atoms with E-state index < -0.39 is 0 Å². The molecule has 0 saturated heterocycles. The highest BCUT2D eigenvalue weighted by molar-refractivity contribution is 7.10. The van der Waals surface area contributed by atoms with Crippen LogP contribution < -0.4 is 10.1 Å². The Labute approximate surface area is 138 Å². The molecule has 0 fully saturated rings. The van der Waals surface area contributed by atoms with Crippen molar-refractivity contribution in [2.24, 2.45) is 0 Å². The van der Waals surface area contributed by atoms with E-state index in [9.17, 15) is 4.79 Å². The second-order valence-electron chi connectivity index (χ2n) is 4.70. The van der Waals surface area contributed by atoms with Gasteiger partial charge in [0.1, 0.15) is 5.75 Å². The van der Waals surface area contributed by atoms with Crippen LogP contribution in [0.2, 0.25) is 0 Å². The molecule has 0 aliphatic heterocycles. The Morgan fingerprint density at radius 3 is 2.57 bits per heavy atom. The highest BCUT2D eigenvalue weighted by atomic mass is 32.1. The summed E-state index contributed by atoms with van der Waals surface area (Å²) < 4.78 is 9.69. The number of hydrogen-bond acceptors (Lipinski definition) is 5. The Kier molecular flexibility index (Phi) is 4.63. The summed E-state index contributed by atoms with van der Waals surface area (Å²) in [6, 6.07) is 16.6. The number of rotatable bonds is 5. The maximum absolute atomic E-state index is 12.1. The zero-order chi connectivity index (χ0) is 16.1.